The van der Waals surface area contributed by atoms with Crippen molar-refractivity contribution in [1.29, 1.82) is 0 Å². The molecule has 0 bridgehead atoms. The second kappa shape index (κ2) is 5.10. The molecular weight excluding hydrogens is 200 g/mol. The van der Waals surface area contributed by atoms with Gasteiger partial charge in [0, 0.05) is 19.2 Å². The highest BCUT2D eigenvalue weighted by molar-refractivity contribution is 5.96. The number of hydrogen-bond donors (Lipinski definition) is 0. The molecule has 0 saturated carbocycles. The molecular formula is C13H18N2O. The van der Waals surface area contributed by atoms with Gasteiger partial charge in [0.25, 0.3) is 0 Å². The first-order valence-corrected chi connectivity index (χ1v) is 6.03. The summed E-state index contributed by atoms with van der Waals surface area (Å²) in [6.45, 7) is 2.90. The number of hydrogen-bond acceptors (Lipinski definition) is 2. The van der Waals surface area contributed by atoms with E-state index < -0.39 is 0 Å². The van der Waals surface area contributed by atoms with Crippen LogP contribution in [0.15, 0.2) is 24.0 Å². The van der Waals surface area contributed by atoms with Gasteiger partial charge in [0.2, 0.25) is 0 Å². The number of carbonyl (C=O) groups excluding carboxylic acids is 1. The maximum absolute atomic E-state index is 12.0. The quantitative estimate of drug-likeness (QED) is 0.778. The van der Waals surface area contributed by atoms with Crippen molar-refractivity contribution >= 4 is 5.78 Å². The first-order chi connectivity index (χ1) is 7.79. The van der Waals surface area contributed by atoms with E-state index in [1.807, 2.05) is 17.8 Å². The van der Waals surface area contributed by atoms with Crippen molar-refractivity contribution in [1.82, 2.24) is 9.78 Å². The van der Waals surface area contributed by atoms with Gasteiger partial charge in [-0.3, -0.25) is 9.48 Å². The fourth-order valence-electron chi connectivity index (χ4n) is 2.06. The normalized spacial score (nSPS) is 15.9. The highest BCUT2D eigenvalue weighted by Gasteiger charge is 2.13. The lowest BCUT2D eigenvalue weighted by atomic mass is 9.94. The third kappa shape index (κ3) is 2.60. The van der Waals surface area contributed by atoms with E-state index in [0.717, 1.165) is 36.9 Å². The zero-order valence-electron chi connectivity index (χ0n) is 9.78. The van der Waals surface area contributed by atoms with Crippen molar-refractivity contribution in [3.8, 4) is 0 Å². The van der Waals surface area contributed by atoms with Crippen LogP contribution < -0.4 is 0 Å². The molecule has 0 N–H and O–H groups in total. The molecule has 1 aromatic heterocycles. The number of aromatic nitrogens is 2. The minimum atomic E-state index is 0.273. The summed E-state index contributed by atoms with van der Waals surface area (Å²) in [6, 6.07) is 0. The topological polar surface area (TPSA) is 34.9 Å². The molecule has 0 atom stereocenters. The Labute approximate surface area is 96.2 Å². The van der Waals surface area contributed by atoms with Crippen molar-refractivity contribution in [3.05, 3.63) is 29.6 Å². The minimum absolute atomic E-state index is 0.273. The smallest absolute Gasteiger partial charge is 0.163 e. The molecule has 1 aliphatic rings. The maximum Gasteiger partial charge on any atom is 0.163 e. The lowest BCUT2D eigenvalue weighted by Gasteiger charge is -2.10. The van der Waals surface area contributed by atoms with E-state index in [4.69, 9.17) is 0 Å². The zero-order chi connectivity index (χ0) is 11.4. The van der Waals surface area contributed by atoms with E-state index in [1.54, 1.807) is 6.20 Å². The largest absolute Gasteiger partial charge is 0.294 e. The maximum atomic E-state index is 12.0. The van der Waals surface area contributed by atoms with E-state index in [0.29, 0.717) is 6.42 Å². The zero-order valence-corrected chi connectivity index (χ0v) is 9.78. The number of nitrogens with zero attached hydrogens (tertiary/aromatic N) is 2. The molecule has 1 aromatic rings. The molecule has 0 fully saturated rings. The third-order valence-electron chi connectivity index (χ3n) is 3.02. The van der Waals surface area contributed by atoms with Gasteiger partial charge in [-0.05, 0) is 43.7 Å². The van der Waals surface area contributed by atoms with Crippen LogP contribution in [0.2, 0.25) is 0 Å². The molecule has 0 saturated heterocycles. The molecule has 0 aromatic carbocycles. The number of allylic oxidation sites excluding steroid dienone is 2. The van der Waals surface area contributed by atoms with Gasteiger partial charge in [0.1, 0.15) is 0 Å². The molecule has 0 amide bonds. The van der Waals surface area contributed by atoms with Crippen molar-refractivity contribution in [3.63, 3.8) is 0 Å². The van der Waals surface area contributed by atoms with Crippen LogP contribution in [0, 0.1) is 0 Å². The van der Waals surface area contributed by atoms with Gasteiger partial charge in [-0.15, -0.1) is 0 Å². The Balaban J connectivity index is 1.98. The molecule has 0 unspecified atom stereocenters. The number of ketones is 1. The van der Waals surface area contributed by atoms with Crippen molar-refractivity contribution in [2.45, 2.75) is 45.6 Å². The van der Waals surface area contributed by atoms with Crippen molar-refractivity contribution in [2.75, 3.05) is 0 Å². The lowest BCUT2D eigenvalue weighted by Crippen LogP contribution is -2.08. The summed E-state index contributed by atoms with van der Waals surface area (Å²) in [6.07, 6.45) is 10.8. The molecule has 0 radical (unpaired) electrons. The minimum Gasteiger partial charge on any atom is -0.294 e. The standard InChI is InChI=1S/C13H18N2O/c1-2-15-10-11(9-14-15)8-13(16)12-6-4-3-5-7-12/h6,9-10H,2-5,7-8H2,1H3. The van der Waals surface area contributed by atoms with E-state index in [-0.39, 0.29) is 5.78 Å². The van der Waals surface area contributed by atoms with E-state index in [1.165, 1.54) is 6.42 Å². The second-order valence-corrected chi connectivity index (χ2v) is 4.28. The van der Waals surface area contributed by atoms with Gasteiger partial charge < -0.3 is 0 Å². The number of carbonyl (C=O) groups is 1. The van der Waals surface area contributed by atoms with Crippen LogP contribution in [0.3, 0.4) is 0 Å². The monoisotopic (exact) mass is 218 g/mol. The summed E-state index contributed by atoms with van der Waals surface area (Å²) >= 11 is 0. The van der Waals surface area contributed by atoms with Crippen LogP contribution >= 0.6 is 0 Å². The Morgan fingerprint density at radius 3 is 3.00 bits per heavy atom. The van der Waals surface area contributed by atoms with Crippen LogP contribution in [0.1, 0.15) is 38.2 Å². The number of Topliss-reactive ketones (excluding diaryl/α,β-unsaturated/α-hetero) is 1. The Bertz CT molecular complexity index is 404. The summed E-state index contributed by atoms with van der Waals surface area (Å²) < 4.78 is 1.86. The summed E-state index contributed by atoms with van der Waals surface area (Å²) in [5.74, 6) is 0.273. The molecule has 1 heterocycles. The van der Waals surface area contributed by atoms with Crippen LogP contribution in [-0.4, -0.2) is 15.6 Å². The Morgan fingerprint density at radius 1 is 1.50 bits per heavy atom. The molecule has 3 heteroatoms. The first kappa shape index (κ1) is 11.1. The molecule has 0 spiro atoms. The Hall–Kier alpha value is -1.38. The molecule has 3 nitrogen and oxygen atoms in total. The van der Waals surface area contributed by atoms with Gasteiger partial charge in [0.15, 0.2) is 5.78 Å². The van der Waals surface area contributed by atoms with Crippen LogP contribution in [0.25, 0.3) is 0 Å². The van der Waals surface area contributed by atoms with Gasteiger partial charge in [-0.2, -0.15) is 5.10 Å². The average molecular weight is 218 g/mol. The van der Waals surface area contributed by atoms with Gasteiger partial charge in [-0.1, -0.05) is 6.08 Å². The fraction of sp³-hybridized carbons (Fsp3) is 0.538. The predicted octanol–water partition coefficient (Wildman–Crippen LogP) is 2.52. The van der Waals surface area contributed by atoms with Crippen LogP contribution in [0.4, 0.5) is 0 Å². The Kier molecular flexibility index (Phi) is 3.54. The van der Waals surface area contributed by atoms with E-state index in [9.17, 15) is 4.79 Å². The first-order valence-electron chi connectivity index (χ1n) is 6.03. The predicted molar refractivity (Wildman–Crippen MR) is 63.2 cm³/mol. The fourth-order valence-corrected chi connectivity index (χ4v) is 2.06. The average Bonchev–Trinajstić information content (AvgIpc) is 2.78. The summed E-state index contributed by atoms with van der Waals surface area (Å²) in [5, 5.41) is 4.18. The molecule has 0 aliphatic heterocycles. The van der Waals surface area contributed by atoms with E-state index >= 15 is 0 Å². The summed E-state index contributed by atoms with van der Waals surface area (Å²) in [7, 11) is 0. The summed E-state index contributed by atoms with van der Waals surface area (Å²) in [5.41, 5.74) is 2.05. The Morgan fingerprint density at radius 2 is 2.38 bits per heavy atom. The van der Waals surface area contributed by atoms with Gasteiger partial charge >= 0.3 is 0 Å². The van der Waals surface area contributed by atoms with Crippen LogP contribution in [-0.2, 0) is 17.8 Å². The molecule has 1 aliphatic carbocycles. The van der Waals surface area contributed by atoms with E-state index in [2.05, 4.69) is 11.2 Å². The number of rotatable bonds is 4. The SMILES string of the molecule is CCn1cc(CC(=O)C2=CCCCC2)cn1. The molecule has 2 rings (SSSR count). The van der Waals surface area contributed by atoms with Crippen molar-refractivity contribution < 1.29 is 4.79 Å². The number of aryl methyl sites for hydroxylation is 1. The van der Waals surface area contributed by atoms with Crippen LogP contribution in [0.5, 0.6) is 0 Å². The molecule has 86 valence electrons. The van der Waals surface area contributed by atoms with Gasteiger partial charge in [-0.25, -0.2) is 0 Å². The van der Waals surface area contributed by atoms with Crippen molar-refractivity contribution in [2.24, 2.45) is 0 Å². The second-order valence-electron chi connectivity index (χ2n) is 4.28. The lowest BCUT2D eigenvalue weighted by molar-refractivity contribution is -0.115. The summed E-state index contributed by atoms with van der Waals surface area (Å²) in [4.78, 5) is 12.0. The van der Waals surface area contributed by atoms with Gasteiger partial charge in [0.05, 0.1) is 6.20 Å². The highest BCUT2D eigenvalue weighted by atomic mass is 16.1. The highest BCUT2D eigenvalue weighted by Crippen LogP contribution is 2.19. The third-order valence-corrected chi connectivity index (χ3v) is 3.02. The molecule has 16 heavy (non-hydrogen) atoms.